The smallest absolute Gasteiger partial charge is 0.376 e. The number of rotatable bonds is 4. The maximum Gasteiger partial charge on any atom is 0.376 e. The van der Waals surface area contributed by atoms with E-state index in [1.807, 2.05) is 0 Å². The fraction of sp³-hybridized carbons (Fsp3) is 0.667. The number of halogens is 2. The number of hydrogen-bond acceptors (Lipinski definition) is 5. The highest BCUT2D eigenvalue weighted by atomic mass is 19.3. The Morgan fingerprint density at radius 1 is 1.58 bits per heavy atom. The molecule has 0 spiro atoms. The van der Waals surface area contributed by atoms with Crippen LogP contribution in [-0.2, 0) is 9.47 Å². The van der Waals surface area contributed by atoms with E-state index in [9.17, 15) is 13.6 Å². The quantitative estimate of drug-likeness (QED) is 0.790. The van der Waals surface area contributed by atoms with E-state index < -0.39 is 23.8 Å². The molecule has 2 rings (SSSR count). The van der Waals surface area contributed by atoms with E-state index in [0.717, 1.165) is 12.8 Å². The van der Waals surface area contributed by atoms with Crippen molar-refractivity contribution in [3.63, 3.8) is 0 Å². The zero-order valence-corrected chi connectivity index (χ0v) is 10.5. The van der Waals surface area contributed by atoms with E-state index >= 15 is 0 Å². The van der Waals surface area contributed by atoms with E-state index in [0.29, 0.717) is 13.2 Å². The van der Waals surface area contributed by atoms with Gasteiger partial charge in [-0.25, -0.2) is 18.6 Å². The zero-order valence-electron chi connectivity index (χ0n) is 10.5. The van der Waals surface area contributed by atoms with Gasteiger partial charge < -0.3 is 13.9 Å². The number of esters is 1. The minimum atomic E-state index is -2.87. The lowest BCUT2D eigenvalue weighted by molar-refractivity contribution is 0.0463. The molecule has 1 aliphatic heterocycles. The van der Waals surface area contributed by atoms with Gasteiger partial charge in [0.25, 0.3) is 6.43 Å². The van der Waals surface area contributed by atoms with Crippen molar-refractivity contribution in [1.82, 2.24) is 4.98 Å². The molecule has 0 aliphatic carbocycles. The lowest BCUT2D eigenvalue weighted by Crippen LogP contribution is -2.15. The monoisotopic (exact) mass is 275 g/mol. The lowest BCUT2D eigenvalue weighted by atomic mass is 10.0. The lowest BCUT2D eigenvalue weighted by Gasteiger charge is -2.18. The fourth-order valence-electron chi connectivity index (χ4n) is 1.95. The molecule has 7 heteroatoms. The third-order valence-corrected chi connectivity index (χ3v) is 2.85. The molecular formula is C12H15F2NO4. The van der Waals surface area contributed by atoms with Gasteiger partial charge in [0.2, 0.25) is 11.7 Å². The van der Waals surface area contributed by atoms with Crippen LogP contribution < -0.4 is 0 Å². The number of oxazole rings is 1. The van der Waals surface area contributed by atoms with Crippen LogP contribution in [0.1, 0.15) is 54.2 Å². The number of alkyl halides is 2. The predicted molar refractivity (Wildman–Crippen MR) is 60.2 cm³/mol. The van der Waals surface area contributed by atoms with Crippen LogP contribution in [0, 0.1) is 0 Å². The highest BCUT2D eigenvalue weighted by Gasteiger charge is 2.31. The van der Waals surface area contributed by atoms with Gasteiger partial charge in [0.15, 0.2) is 5.69 Å². The van der Waals surface area contributed by atoms with Crippen LogP contribution in [0.3, 0.4) is 0 Å². The molecule has 1 aromatic rings. The van der Waals surface area contributed by atoms with E-state index in [2.05, 4.69) is 9.72 Å². The number of aromatic nitrogens is 1. The molecule has 1 fully saturated rings. The Kier molecular flexibility index (Phi) is 4.47. The summed E-state index contributed by atoms with van der Waals surface area (Å²) in [6, 6.07) is 0. The molecular weight excluding hydrogens is 260 g/mol. The van der Waals surface area contributed by atoms with Crippen molar-refractivity contribution in [3.05, 3.63) is 17.3 Å². The van der Waals surface area contributed by atoms with Gasteiger partial charge in [0.05, 0.1) is 19.1 Å². The molecule has 1 aromatic heterocycles. The largest absolute Gasteiger partial charge is 0.460 e. The Bertz CT molecular complexity index is 441. The van der Waals surface area contributed by atoms with E-state index in [4.69, 9.17) is 9.15 Å². The van der Waals surface area contributed by atoms with Crippen LogP contribution in [0.5, 0.6) is 0 Å². The number of hydrogen-bond donors (Lipinski definition) is 0. The van der Waals surface area contributed by atoms with Crippen LogP contribution >= 0.6 is 0 Å². The minimum absolute atomic E-state index is 0.0874. The summed E-state index contributed by atoms with van der Waals surface area (Å²) >= 11 is 0. The molecule has 0 N–H and O–H groups in total. The van der Waals surface area contributed by atoms with Crippen molar-refractivity contribution in [3.8, 4) is 0 Å². The first-order valence-electron chi connectivity index (χ1n) is 6.17. The number of carbonyl (C=O) groups is 1. The average molecular weight is 275 g/mol. The molecule has 0 radical (unpaired) electrons. The van der Waals surface area contributed by atoms with Gasteiger partial charge in [0, 0.05) is 6.61 Å². The summed E-state index contributed by atoms with van der Waals surface area (Å²) in [7, 11) is 0. The van der Waals surface area contributed by atoms with Crippen LogP contribution in [-0.4, -0.2) is 30.8 Å². The highest BCUT2D eigenvalue weighted by molar-refractivity contribution is 5.87. The van der Waals surface area contributed by atoms with Crippen LogP contribution in [0.15, 0.2) is 4.42 Å². The Hall–Kier alpha value is -1.50. The summed E-state index contributed by atoms with van der Waals surface area (Å²) in [4.78, 5) is 15.3. The summed E-state index contributed by atoms with van der Waals surface area (Å²) in [6.45, 7) is 2.69. The maximum absolute atomic E-state index is 12.8. The number of nitrogens with zero attached hydrogens (tertiary/aromatic N) is 1. The summed E-state index contributed by atoms with van der Waals surface area (Å²) in [5, 5.41) is 0. The molecule has 1 atom stereocenters. The van der Waals surface area contributed by atoms with Crippen LogP contribution in [0.2, 0.25) is 0 Å². The summed E-state index contributed by atoms with van der Waals surface area (Å²) in [5.74, 6) is -1.47. The molecule has 2 heterocycles. The Labute approximate surface area is 108 Å². The molecule has 106 valence electrons. The summed E-state index contributed by atoms with van der Waals surface area (Å²) in [5.41, 5.74) is -0.654. The molecule has 1 saturated heterocycles. The highest BCUT2D eigenvalue weighted by Crippen LogP contribution is 2.30. The Morgan fingerprint density at radius 3 is 2.95 bits per heavy atom. The SMILES string of the molecule is CCOC(=O)c1oc(C2CCCOC2)nc1C(F)F. The first kappa shape index (κ1) is 13.9. The minimum Gasteiger partial charge on any atom is -0.460 e. The Morgan fingerprint density at radius 2 is 2.37 bits per heavy atom. The van der Waals surface area contributed by atoms with Crippen molar-refractivity contribution in [2.24, 2.45) is 0 Å². The van der Waals surface area contributed by atoms with Crippen molar-refractivity contribution in [2.75, 3.05) is 19.8 Å². The van der Waals surface area contributed by atoms with E-state index in [1.54, 1.807) is 6.92 Å². The van der Waals surface area contributed by atoms with Gasteiger partial charge in [-0.05, 0) is 19.8 Å². The first-order chi connectivity index (χ1) is 9.13. The standard InChI is InChI=1S/C12H15F2NO4/c1-2-18-12(16)9-8(10(13)14)15-11(19-9)7-4-3-5-17-6-7/h7,10H,2-6H2,1H3. The third-order valence-electron chi connectivity index (χ3n) is 2.85. The van der Waals surface area contributed by atoms with Crippen LogP contribution in [0.4, 0.5) is 8.78 Å². The second-order valence-electron chi connectivity index (χ2n) is 4.20. The molecule has 1 unspecified atom stereocenters. The van der Waals surface area contributed by atoms with Gasteiger partial charge >= 0.3 is 5.97 Å². The molecule has 0 amide bonds. The van der Waals surface area contributed by atoms with E-state index in [-0.39, 0.29) is 18.4 Å². The molecule has 0 aromatic carbocycles. The summed E-state index contributed by atoms with van der Waals surface area (Å²) in [6.07, 6.45) is -1.32. The molecule has 1 aliphatic rings. The predicted octanol–water partition coefficient (Wildman–Crippen LogP) is 2.68. The van der Waals surface area contributed by atoms with Crippen molar-refractivity contribution >= 4 is 5.97 Å². The number of ether oxygens (including phenoxy) is 2. The number of carbonyl (C=O) groups excluding carboxylic acids is 1. The van der Waals surface area contributed by atoms with Gasteiger partial charge in [-0.15, -0.1) is 0 Å². The van der Waals surface area contributed by atoms with Gasteiger partial charge in [-0.2, -0.15) is 0 Å². The molecule has 0 saturated carbocycles. The van der Waals surface area contributed by atoms with Gasteiger partial charge in [-0.3, -0.25) is 0 Å². The van der Waals surface area contributed by atoms with E-state index in [1.165, 1.54) is 0 Å². The molecule has 19 heavy (non-hydrogen) atoms. The molecule has 5 nitrogen and oxygen atoms in total. The van der Waals surface area contributed by atoms with Gasteiger partial charge in [0.1, 0.15) is 0 Å². The second kappa shape index (κ2) is 6.10. The van der Waals surface area contributed by atoms with Gasteiger partial charge in [-0.1, -0.05) is 0 Å². The van der Waals surface area contributed by atoms with Crippen molar-refractivity contribution in [1.29, 1.82) is 0 Å². The normalized spacial score (nSPS) is 19.7. The summed E-state index contributed by atoms with van der Waals surface area (Å²) < 4.78 is 40.8. The third kappa shape index (κ3) is 3.09. The Balaban J connectivity index is 2.26. The van der Waals surface area contributed by atoms with Crippen molar-refractivity contribution < 1.29 is 27.5 Å². The van der Waals surface area contributed by atoms with Crippen molar-refractivity contribution in [2.45, 2.75) is 32.1 Å². The molecule has 0 bridgehead atoms. The topological polar surface area (TPSA) is 61.6 Å². The second-order valence-corrected chi connectivity index (χ2v) is 4.20. The average Bonchev–Trinajstić information content (AvgIpc) is 2.85. The first-order valence-corrected chi connectivity index (χ1v) is 6.17. The van der Waals surface area contributed by atoms with Crippen LogP contribution in [0.25, 0.3) is 0 Å². The zero-order chi connectivity index (χ0) is 13.8. The fourth-order valence-corrected chi connectivity index (χ4v) is 1.95. The maximum atomic E-state index is 12.8.